The summed E-state index contributed by atoms with van der Waals surface area (Å²) >= 11 is 0. The second-order valence-corrected chi connectivity index (χ2v) is 4.46. The van der Waals surface area contributed by atoms with Gasteiger partial charge in [-0.15, -0.1) is 0 Å². The van der Waals surface area contributed by atoms with E-state index >= 15 is 0 Å². The minimum absolute atomic E-state index is 0.000474. The lowest BCUT2D eigenvalue weighted by molar-refractivity contribution is -0.122. The fourth-order valence-corrected chi connectivity index (χ4v) is 2.10. The first-order valence-electron chi connectivity index (χ1n) is 6.38. The Bertz CT molecular complexity index is 371. The van der Waals surface area contributed by atoms with Crippen LogP contribution >= 0.6 is 0 Å². The van der Waals surface area contributed by atoms with Gasteiger partial charge < -0.3 is 5.73 Å². The zero-order chi connectivity index (χ0) is 12.8. The van der Waals surface area contributed by atoms with Crippen molar-refractivity contribution in [3.8, 4) is 0 Å². The van der Waals surface area contributed by atoms with Crippen molar-refractivity contribution in [2.24, 2.45) is 11.7 Å². The van der Waals surface area contributed by atoms with Crippen LogP contribution in [-0.2, 0) is 17.8 Å². The van der Waals surface area contributed by atoms with Gasteiger partial charge in [0.05, 0.1) is 5.69 Å². The molecular weight excluding hydrogens is 214 g/mol. The first kappa shape index (κ1) is 13.9. The van der Waals surface area contributed by atoms with E-state index in [0.717, 1.165) is 30.8 Å². The fourth-order valence-electron chi connectivity index (χ4n) is 2.10. The van der Waals surface area contributed by atoms with E-state index in [4.69, 9.17) is 5.73 Å². The van der Waals surface area contributed by atoms with Crippen LogP contribution in [0.5, 0.6) is 0 Å². The van der Waals surface area contributed by atoms with Crippen LogP contribution in [0.15, 0.2) is 6.07 Å². The molecule has 0 fully saturated rings. The summed E-state index contributed by atoms with van der Waals surface area (Å²) in [7, 11) is 0. The Kier molecular flexibility index (Phi) is 5.35. The van der Waals surface area contributed by atoms with E-state index in [-0.39, 0.29) is 11.7 Å². The first-order valence-corrected chi connectivity index (χ1v) is 6.38. The van der Waals surface area contributed by atoms with Crippen molar-refractivity contribution in [2.45, 2.75) is 46.6 Å². The van der Waals surface area contributed by atoms with E-state index in [2.05, 4.69) is 12.0 Å². The van der Waals surface area contributed by atoms with Gasteiger partial charge in [0.15, 0.2) is 0 Å². The Balaban J connectivity index is 2.72. The summed E-state index contributed by atoms with van der Waals surface area (Å²) in [6.45, 7) is 7.32. The monoisotopic (exact) mass is 237 g/mol. The first-order chi connectivity index (χ1) is 8.12. The number of rotatable bonds is 7. The van der Waals surface area contributed by atoms with Gasteiger partial charge in [-0.05, 0) is 26.3 Å². The average molecular weight is 237 g/mol. The van der Waals surface area contributed by atoms with Crippen molar-refractivity contribution in [2.75, 3.05) is 6.54 Å². The Hall–Kier alpha value is -1.16. The van der Waals surface area contributed by atoms with Gasteiger partial charge in [-0.2, -0.15) is 5.10 Å². The van der Waals surface area contributed by atoms with E-state index < -0.39 is 0 Å². The van der Waals surface area contributed by atoms with Crippen molar-refractivity contribution in [1.82, 2.24) is 9.78 Å². The largest absolute Gasteiger partial charge is 0.330 e. The van der Waals surface area contributed by atoms with Crippen molar-refractivity contribution < 1.29 is 4.79 Å². The van der Waals surface area contributed by atoms with Crippen LogP contribution in [-0.4, -0.2) is 22.1 Å². The van der Waals surface area contributed by atoms with E-state index in [0.29, 0.717) is 13.0 Å². The second-order valence-electron chi connectivity index (χ2n) is 4.46. The number of aromatic nitrogens is 2. The Labute approximate surface area is 103 Å². The van der Waals surface area contributed by atoms with Gasteiger partial charge in [0.25, 0.3) is 0 Å². The third kappa shape index (κ3) is 3.66. The van der Waals surface area contributed by atoms with E-state index in [1.165, 1.54) is 0 Å². The SMILES string of the molecule is CCCC(CN)C(=O)Cc1cc(C)nn1CC. The standard InChI is InChI=1S/C13H23N3O/c1-4-6-11(9-14)13(17)8-12-7-10(3)15-16(12)5-2/h7,11H,4-6,8-9,14H2,1-3H3. The number of carbonyl (C=O) groups excluding carboxylic acids is 1. The van der Waals surface area contributed by atoms with Crippen molar-refractivity contribution >= 4 is 5.78 Å². The highest BCUT2D eigenvalue weighted by Crippen LogP contribution is 2.12. The summed E-state index contributed by atoms with van der Waals surface area (Å²) in [5.74, 6) is 0.240. The summed E-state index contributed by atoms with van der Waals surface area (Å²) in [6.07, 6.45) is 2.34. The van der Waals surface area contributed by atoms with Crippen LogP contribution in [0, 0.1) is 12.8 Å². The summed E-state index contributed by atoms with van der Waals surface area (Å²) < 4.78 is 1.90. The molecule has 1 heterocycles. The predicted octanol–water partition coefficient (Wildman–Crippen LogP) is 1.70. The molecule has 0 radical (unpaired) electrons. The van der Waals surface area contributed by atoms with E-state index in [9.17, 15) is 4.79 Å². The molecule has 96 valence electrons. The van der Waals surface area contributed by atoms with Crippen LogP contribution in [0.4, 0.5) is 0 Å². The van der Waals surface area contributed by atoms with Crippen LogP contribution in [0.2, 0.25) is 0 Å². The minimum atomic E-state index is 0.000474. The van der Waals surface area contributed by atoms with Crippen LogP contribution in [0.25, 0.3) is 0 Å². The number of ketones is 1. The van der Waals surface area contributed by atoms with Crippen molar-refractivity contribution in [3.05, 3.63) is 17.5 Å². The number of Topliss-reactive ketones (excluding diaryl/α,β-unsaturated/α-hetero) is 1. The smallest absolute Gasteiger partial charge is 0.143 e. The van der Waals surface area contributed by atoms with Gasteiger partial charge >= 0.3 is 0 Å². The summed E-state index contributed by atoms with van der Waals surface area (Å²) in [4.78, 5) is 12.1. The topological polar surface area (TPSA) is 60.9 Å². The highest BCUT2D eigenvalue weighted by molar-refractivity contribution is 5.83. The Morgan fingerprint density at radius 3 is 2.76 bits per heavy atom. The fraction of sp³-hybridized carbons (Fsp3) is 0.692. The predicted molar refractivity (Wildman–Crippen MR) is 68.8 cm³/mol. The van der Waals surface area contributed by atoms with Gasteiger partial charge in [0.2, 0.25) is 0 Å². The molecule has 1 aromatic heterocycles. The van der Waals surface area contributed by atoms with Crippen LogP contribution in [0.3, 0.4) is 0 Å². The highest BCUT2D eigenvalue weighted by Gasteiger charge is 2.18. The molecule has 0 spiro atoms. The lowest BCUT2D eigenvalue weighted by Gasteiger charge is -2.12. The molecule has 2 N–H and O–H groups in total. The van der Waals surface area contributed by atoms with Gasteiger partial charge in [-0.1, -0.05) is 13.3 Å². The number of nitrogens with zero attached hydrogens (tertiary/aromatic N) is 2. The third-order valence-corrected chi connectivity index (χ3v) is 3.02. The van der Waals surface area contributed by atoms with Crippen molar-refractivity contribution in [3.63, 3.8) is 0 Å². The molecule has 1 rings (SSSR count). The minimum Gasteiger partial charge on any atom is -0.330 e. The number of hydrogen-bond acceptors (Lipinski definition) is 3. The lowest BCUT2D eigenvalue weighted by atomic mass is 9.95. The van der Waals surface area contributed by atoms with Gasteiger partial charge in [-0.25, -0.2) is 0 Å². The normalized spacial score (nSPS) is 12.7. The molecule has 0 bridgehead atoms. The van der Waals surface area contributed by atoms with Gasteiger partial charge in [0.1, 0.15) is 5.78 Å². The molecule has 0 aliphatic carbocycles. The average Bonchev–Trinajstić information content (AvgIpc) is 2.66. The molecule has 0 saturated heterocycles. The highest BCUT2D eigenvalue weighted by atomic mass is 16.1. The molecule has 1 atom stereocenters. The molecule has 1 unspecified atom stereocenters. The zero-order valence-electron chi connectivity index (χ0n) is 11.1. The van der Waals surface area contributed by atoms with Gasteiger partial charge in [-0.3, -0.25) is 9.48 Å². The molecule has 0 amide bonds. The van der Waals surface area contributed by atoms with E-state index in [1.54, 1.807) is 0 Å². The molecule has 4 nitrogen and oxygen atoms in total. The summed E-state index contributed by atoms with van der Waals surface area (Å²) in [5, 5.41) is 4.35. The molecule has 0 aliphatic rings. The van der Waals surface area contributed by atoms with Crippen LogP contribution in [0.1, 0.15) is 38.1 Å². The maximum absolute atomic E-state index is 12.1. The molecule has 0 saturated carbocycles. The number of nitrogens with two attached hydrogens (primary N) is 1. The number of hydrogen-bond donors (Lipinski definition) is 1. The van der Waals surface area contributed by atoms with E-state index in [1.807, 2.05) is 24.6 Å². The molecule has 4 heteroatoms. The Morgan fingerprint density at radius 1 is 1.53 bits per heavy atom. The lowest BCUT2D eigenvalue weighted by Crippen LogP contribution is -2.25. The molecular formula is C13H23N3O. The second kappa shape index (κ2) is 6.55. The van der Waals surface area contributed by atoms with Gasteiger partial charge in [0, 0.05) is 31.1 Å². The zero-order valence-corrected chi connectivity index (χ0v) is 11.1. The number of carbonyl (C=O) groups is 1. The van der Waals surface area contributed by atoms with Crippen molar-refractivity contribution in [1.29, 1.82) is 0 Å². The molecule has 1 aromatic rings. The third-order valence-electron chi connectivity index (χ3n) is 3.02. The summed E-state index contributed by atoms with van der Waals surface area (Å²) in [6, 6.07) is 1.99. The molecule has 0 aromatic carbocycles. The number of aryl methyl sites for hydroxylation is 2. The summed E-state index contributed by atoms with van der Waals surface area (Å²) in [5.41, 5.74) is 7.62. The Morgan fingerprint density at radius 2 is 2.24 bits per heavy atom. The molecule has 0 aliphatic heterocycles. The molecule has 17 heavy (non-hydrogen) atoms. The van der Waals surface area contributed by atoms with Crippen LogP contribution < -0.4 is 5.73 Å². The quantitative estimate of drug-likeness (QED) is 0.785. The maximum atomic E-state index is 12.1. The maximum Gasteiger partial charge on any atom is 0.143 e.